The Bertz CT molecular complexity index is 1120. The second kappa shape index (κ2) is 7.39. The summed E-state index contributed by atoms with van der Waals surface area (Å²) >= 11 is 6.35. The van der Waals surface area contributed by atoms with Gasteiger partial charge in [-0.05, 0) is 37.1 Å². The lowest BCUT2D eigenvalue weighted by atomic mass is 9.97. The zero-order valence-electron chi connectivity index (χ0n) is 16.5. The van der Waals surface area contributed by atoms with Gasteiger partial charge in [0, 0.05) is 24.7 Å². The van der Waals surface area contributed by atoms with Crippen LogP contribution in [0.1, 0.15) is 29.2 Å². The number of anilines is 1. The molecule has 0 unspecified atom stereocenters. The zero-order chi connectivity index (χ0) is 21.0. The van der Waals surface area contributed by atoms with Gasteiger partial charge in [0.25, 0.3) is 0 Å². The third-order valence-electron chi connectivity index (χ3n) is 6.15. The lowest BCUT2D eigenvalue weighted by Crippen LogP contribution is -2.35. The first-order valence-electron chi connectivity index (χ1n) is 10.1. The van der Waals surface area contributed by atoms with Gasteiger partial charge in [-0.2, -0.15) is 0 Å². The number of benzene rings is 1. The number of hydrogen-bond donors (Lipinski definition) is 4. The highest BCUT2D eigenvalue weighted by atomic mass is 35.5. The largest absolute Gasteiger partial charge is 0.487 e. The Hall–Kier alpha value is -2.39. The van der Waals surface area contributed by atoms with Gasteiger partial charge in [-0.15, -0.1) is 0 Å². The van der Waals surface area contributed by atoms with Gasteiger partial charge in [-0.25, -0.2) is 9.97 Å². The first kappa shape index (κ1) is 19.6. The number of aliphatic hydroxyl groups is 2. The molecule has 5 rings (SSSR count). The van der Waals surface area contributed by atoms with Crippen molar-refractivity contribution in [2.24, 2.45) is 0 Å². The van der Waals surface area contributed by atoms with E-state index >= 15 is 0 Å². The maximum Gasteiger partial charge on any atom is 0.147 e. The molecule has 2 aliphatic rings. The van der Waals surface area contributed by atoms with E-state index in [0.29, 0.717) is 22.5 Å². The third kappa shape index (κ3) is 3.11. The standard InChI is InChI=1S/C21H24ClN5O3/c1-10-4-11-2-3-24-7-12(11)15(5-10)30-16-6-14(18(28)19(16)29)27-8-13(22)17-20(23)25-9-26-21(17)27/h4-5,8-9,14,16,18-19,24,28-29H,2-3,6-7H2,1H3,(H2,23,25,26)/t14-,16+,18+,19-/m1/s1. The van der Waals surface area contributed by atoms with Gasteiger partial charge < -0.3 is 30.6 Å². The van der Waals surface area contributed by atoms with Crippen LogP contribution in [0.15, 0.2) is 24.7 Å². The SMILES string of the molecule is Cc1cc2c(c(O[C@H]3C[C@@H](n4cc(Cl)c5c(N)ncnc54)[C@H](O)[C@@H]3O)c1)CNCC2. The highest BCUT2D eigenvalue weighted by Gasteiger charge is 2.45. The van der Waals surface area contributed by atoms with E-state index in [1.807, 2.05) is 13.0 Å². The number of ether oxygens (including phenoxy) is 1. The van der Waals surface area contributed by atoms with Crippen LogP contribution in [0.2, 0.25) is 5.02 Å². The lowest BCUT2D eigenvalue weighted by molar-refractivity contribution is -0.0166. The molecule has 0 saturated heterocycles. The summed E-state index contributed by atoms with van der Waals surface area (Å²) in [6, 6.07) is 3.73. The molecule has 158 valence electrons. The van der Waals surface area contributed by atoms with E-state index in [2.05, 4.69) is 21.4 Å². The van der Waals surface area contributed by atoms with E-state index in [4.69, 9.17) is 22.1 Å². The molecular weight excluding hydrogens is 406 g/mol. The van der Waals surface area contributed by atoms with E-state index in [0.717, 1.165) is 36.4 Å². The van der Waals surface area contributed by atoms with E-state index in [9.17, 15) is 10.2 Å². The van der Waals surface area contributed by atoms with Crippen molar-refractivity contribution in [3.63, 3.8) is 0 Å². The number of nitrogen functional groups attached to an aromatic ring is 1. The Morgan fingerprint density at radius 2 is 2.10 bits per heavy atom. The van der Waals surface area contributed by atoms with Crippen LogP contribution in [-0.2, 0) is 13.0 Å². The molecule has 3 aromatic rings. The van der Waals surface area contributed by atoms with Crippen molar-refractivity contribution < 1.29 is 14.9 Å². The zero-order valence-corrected chi connectivity index (χ0v) is 17.3. The van der Waals surface area contributed by atoms with E-state index in [-0.39, 0.29) is 5.82 Å². The van der Waals surface area contributed by atoms with Crippen molar-refractivity contribution in [2.45, 2.75) is 50.7 Å². The summed E-state index contributed by atoms with van der Waals surface area (Å²) in [4.78, 5) is 8.28. The summed E-state index contributed by atoms with van der Waals surface area (Å²) < 4.78 is 8.04. The van der Waals surface area contributed by atoms with Crippen LogP contribution in [0.5, 0.6) is 5.75 Å². The van der Waals surface area contributed by atoms with Crippen LogP contribution in [0.4, 0.5) is 5.82 Å². The summed E-state index contributed by atoms with van der Waals surface area (Å²) in [5.74, 6) is 1.04. The number of nitrogens with zero attached hydrogens (tertiary/aromatic N) is 3. The van der Waals surface area contributed by atoms with Crippen LogP contribution in [-0.4, -0.2) is 49.6 Å². The smallest absolute Gasteiger partial charge is 0.147 e. The first-order chi connectivity index (χ1) is 14.4. The predicted molar refractivity (Wildman–Crippen MR) is 114 cm³/mol. The summed E-state index contributed by atoms with van der Waals surface area (Å²) in [6.45, 7) is 3.71. The van der Waals surface area contributed by atoms with Crippen LogP contribution in [0.3, 0.4) is 0 Å². The minimum absolute atomic E-state index is 0.281. The fourth-order valence-electron chi connectivity index (χ4n) is 4.66. The van der Waals surface area contributed by atoms with Gasteiger partial charge in [-0.3, -0.25) is 0 Å². The number of fused-ring (bicyclic) bond motifs is 2. The lowest BCUT2D eigenvalue weighted by Gasteiger charge is -2.25. The molecule has 1 aromatic carbocycles. The Morgan fingerprint density at radius 3 is 2.93 bits per heavy atom. The summed E-state index contributed by atoms with van der Waals surface area (Å²) in [6.07, 6.45) is 1.76. The van der Waals surface area contributed by atoms with Crippen LogP contribution in [0, 0.1) is 6.92 Å². The van der Waals surface area contributed by atoms with Crippen molar-refractivity contribution >= 4 is 28.5 Å². The molecule has 0 bridgehead atoms. The van der Waals surface area contributed by atoms with Gasteiger partial charge in [0.05, 0.1) is 16.5 Å². The monoisotopic (exact) mass is 429 g/mol. The Labute approximate surface area is 178 Å². The van der Waals surface area contributed by atoms with E-state index < -0.39 is 24.4 Å². The molecular formula is C21H24ClN5O3. The fourth-order valence-corrected chi connectivity index (χ4v) is 4.95. The van der Waals surface area contributed by atoms with Gasteiger partial charge in [-0.1, -0.05) is 17.7 Å². The molecule has 3 heterocycles. The third-order valence-corrected chi connectivity index (χ3v) is 6.43. The molecule has 1 saturated carbocycles. The fraction of sp³-hybridized carbons (Fsp3) is 0.429. The second-order valence-corrected chi connectivity index (χ2v) is 8.52. The Kier molecular flexibility index (Phi) is 4.82. The molecule has 0 radical (unpaired) electrons. The molecule has 0 spiro atoms. The average Bonchev–Trinajstić information content (AvgIpc) is 3.20. The molecule has 1 aliphatic heterocycles. The molecule has 4 atom stereocenters. The number of hydrogen-bond acceptors (Lipinski definition) is 7. The molecule has 9 heteroatoms. The van der Waals surface area contributed by atoms with E-state index in [1.54, 1.807) is 10.8 Å². The number of aliphatic hydroxyl groups excluding tert-OH is 2. The topological polar surface area (TPSA) is 118 Å². The number of nitrogens with two attached hydrogens (primary N) is 1. The first-order valence-corrected chi connectivity index (χ1v) is 10.4. The quantitative estimate of drug-likeness (QED) is 0.500. The molecule has 5 N–H and O–H groups in total. The molecule has 30 heavy (non-hydrogen) atoms. The van der Waals surface area contributed by atoms with Crippen molar-refractivity contribution in [2.75, 3.05) is 12.3 Å². The van der Waals surface area contributed by atoms with Gasteiger partial charge >= 0.3 is 0 Å². The Morgan fingerprint density at radius 1 is 1.27 bits per heavy atom. The highest BCUT2D eigenvalue weighted by molar-refractivity contribution is 6.36. The van der Waals surface area contributed by atoms with Crippen molar-refractivity contribution in [3.05, 3.63) is 46.4 Å². The minimum Gasteiger partial charge on any atom is -0.487 e. The second-order valence-electron chi connectivity index (χ2n) is 8.11. The maximum absolute atomic E-state index is 10.8. The number of rotatable bonds is 3. The summed E-state index contributed by atoms with van der Waals surface area (Å²) in [7, 11) is 0. The highest BCUT2D eigenvalue weighted by Crippen LogP contribution is 2.39. The molecule has 2 aromatic heterocycles. The molecule has 0 amide bonds. The number of aryl methyl sites for hydroxylation is 1. The van der Waals surface area contributed by atoms with Crippen LogP contribution < -0.4 is 15.8 Å². The minimum atomic E-state index is -1.04. The molecule has 8 nitrogen and oxygen atoms in total. The maximum atomic E-state index is 10.8. The van der Waals surface area contributed by atoms with Crippen molar-refractivity contribution in [3.8, 4) is 5.75 Å². The average molecular weight is 430 g/mol. The van der Waals surface area contributed by atoms with Gasteiger partial charge in [0.2, 0.25) is 0 Å². The van der Waals surface area contributed by atoms with Gasteiger partial charge in [0.1, 0.15) is 41.9 Å². The van der Waals surface area contributed by atoms with Crippen molar-refractivity contribution in [1.29, 1.82) is 0 Å². The number of nitrogens with one attached hydrogen (secondary N) is 1. The molecule has 1 aliphatic carbocycles. The normalized spacial score (nSPS) is 26.1. The number of aromatic nitrogens is 3. The van der Waals surface area contributed by atoms with E-state index in [1.165, 1.54) is 11.9 Å². The summed E-state index contributed by atoms with van der Waals surface area (Å²) in [5.41, 5.74) is 9.98. The predicted octanol–water partition coefficient (Wildman–Crippen LogP) is 1.74. The van der Waals surface area contributed by atoms with Crippen LogP contribution >= 0.6 is 11.6 Å². The summed E-state index contributed by atoms with van der Waals surface area (Å²) in [5, 5.41) is 25.9. The van der Waals surface area contributed by atoms with Crippen molar-refractivity contribution in [1.82, 2.24) is 19.9 Å². The number of halogens is 1. The van der Waals surface area contributed by atoms with Gasteiger partial charge in [0.15, 0.2) is 0 Å². The Balaban J connectivity index is 1.47. The van der Waals surface area contributed by atoms with Crippen LogP contribution in [0.25, 0.3) is 11.0 Å². The molecule has 1 fully saturated rings.